The number of ketones is 1. The second-order valence-corrected chi connectivity index (χ2v) is 7.68. The van der Waals surface area contributed by atoms with Gasteiger partial charge in [-0.15, -0.1) is 0 Å². The van der Waals surface area contributed by atoms with Crippen LogP contribution in [0.25, 0.3) is 0 Å². The first-order chi connectivity index (χ1) is 15.0. The summed E-state index contributed by atoms with van der Waals surface area (Å²) in [4.78, 5) is 27.7. The molecule has 0 spiro atoms. The topological polar surface area (TPSA) is 77.8 Å². The Morgan fingerprint density at radius 2 is 1.65 bits per heavy atom. The van der Waals surface area contributed by atoms with Crippen molar-refractivity contribution in [2.45, 2.75) is 25.8 Å². The molecule has 1 unspecified atom stereocenters. The molecule has 3 aromatic carbocycles. The van der Waals surface area contributed by atoms with Crippen molar-refractivity contribution in [1.82, 2.24) is 0 Å². The van der Waals surface area contributed by atoms with Crippen molar-refractivity contribution in [2.24, 2.45) is 0 Å². The summed E-state index contributed by atoms with van der Waals surface area (Å²) in [5.41, 5.74) is 3.22. The Kier molecular flexibility index (Phi) is 5.58. The molecule has 31 heavy (non-hydrogen) atoms. The van der Waals surface area contributed by atoms with Gasteiger partial charge < -0.3 is 10.2 Å². The van der Waals surface area contributed by atoms with E-state index in [1.165, 1.54) is 17.0 Å². The average molecular weight is 413 g/mol. The molecule has 0 saturated carbocycles. The number of benzene rings is 3. The highest BCUT2D eigenvalue weighted by atomic mass is 16.3. The summed E-state index contributed by atoms with van der Waals surface area (Å²) < 4.78 is 0. The molecule has 1 heterocycles. The number of Topliss-reactive ketones (excluding diaryl/α,β-unsaturated/α-hetero) is 1. The first-order valence-corrected chi connectivity index (χ1v) is 10.1. The zero-order valence-electron chi connectivity index (χ0n) is 17.2. The van der Waals surface area contributed by atoms with Crippen molar-refractivity contribution < 1.29 is 19.8 Å². The smallest absolute Gasteiger partial charge is 0.294 e. The van der Waals surface area contributed by atoms with Gasteiger partial charge in [-0.2, -0.15) is 0 Å². The van der Waals surface area contributed by atoms with E-state index in [4.69, 9.17) is 0 Å². The Balaban J connectivity index is 1.73. The van der Waals surface area contributed by atoms with Gasteiger partial charge in [0.1, 0.15) is 5.75 Å². The van der Waals surface area contributed by atoms with Crippen LogP contribution < -0.4 is 4.90 Å². The van der Waals surface area contributed by atoms with Crippen molar-refractivity contribution >= 4 is 17.4 Å². The average Bonchev–Trinajstić information content (AvgIpc) is 3.04. The number of nitrogens with zero attached hydrogens (tertiary/aromatic N) is 1. The van der Waals surface area contributed by atoms with Crippen LogP contribution in [0.4, 0.5) is 5.69 Å². The molecule has 4 rings (SSSR count). The summed E-state index contributed by atoms with van der Waals surface area (Å²) in [6.07, 6.45) is 0.662. The molecule has 156 valence electrons. The van der Waals surface area contributed by atoms with Gasteiger partial charge in [-0.05, 0) is 48.7 Å². The summed E-state index contributed by atoms with van der Waals surface area (Å²) in [5, 5.41) is 20.7. The molecule has 5 nitrogen and oxygen atoms in total. The number of carbonyl (C=O) groups is 2. The Bertz CT molecular complexity index is 1150. The van der Waals surface area contributed by atoms with E-state index in [9.17, 15) is 19.8 Å². The normalized spacial score (nSPS) is 16.1. The number of carbonyl (C=O) groups excluding carboxylic acids is 2. The van der Waals surface area contributed by atoms with E-state index in [2.05, 4.69) is 0 Å². The predicted molar refractivity (Wildman–Crippen MR) is 119 cm³/mol. The van der Waals surface area contributed by atoms with Gasteiger partial charge in [0.05, 0.1) is 11.6 Å². The summed E-state index contributed by atoms with van der Waals surface area (Å²) >= 11 is 0. The van der Waals surface area contributed by atoms with Crippen LogP contribution >= 0.6 is 0 Å². The minimum absolute atomic E-state index is 0.0243. The maximum atomic E-state index is 13.2. The van der Waals surface area contributed by atoms with E-state index in [0.717, 1.165) is 11.1 Å². The van der Waals surface area contributed by atoms with Crippen molar-refractivity contribution in [3.63, 3.8) is 0 Å². The van der Waals surface area contributed by atoms with E-state index >= 15 is 0 Å². The summed E-state index contributed by atoms with van der Waals surface area (Å²) in [6, 6.07) is 22.5. The van der Waals surface area contributed by atoms with E-state index in [1.54, 1.807) is 24.3 Å². The zero-order chi connectivity index (χ0) is 22.0. The Labute approximate surface area is 180 Å². The molecule has 1 aliphatic heterocycles. The number of aliphatic hydroxyl groups excluding tert-OH is 1. The van der Waals surface area contributed by atoms with Crippen LogP contribution in [0.2, 0.25) is 0 Å². The highest BCUT2D eigenvalue weighted by Crippen LogP contribution is 2.42. The molecule has 0 fully saturated rings. The van der Waals surface area contributed by atoms with Gasteiger partial charge in [0, 0.05) is 12.1 Å². The fraction of sp³-hybridized carbons (Fsp3) is 0.154. The lowest BCUT2D eigenvalue weighted by Gasteiger charge is -2.27. The highest BCUT2D eigenvalue weighted by molar-refractivity contribution is 6.16. The third-order valence-electron chi connectivity index (χ3n) is 5.49. The number of phenols is 1. The van der Waals surface area contributed by atoms with Crippen LogP contribution in [-0.4, -0.2) is 21.9 Å². The number of aliphatic hydroxyl groups is 1. The standard InChI is InChI=1S/C26H23NO4/c1-17-10-13-20(14-11-17)27-24(19-8-5-9-21(28)16-19)23(25(30)26(27)31)22(29)15-12-18-6-3-2-4-7-18/h2-11,13-14,16,24,28,30H,12,15H2,1H3. The molecule has 0 saturated heterocycles. The van der Waals surface area contributed by atoms with Gasteiger partial charge >= 0.3 is 0 Å². The van der Waals surface area contributed by atoms with E-state index < -0.39 is 17.7 Å². The van der Waals surface area contributed by atoms with Crippen LogP contribution in [0.1, 0.15) is 29.2 Å². The fourth-order valence-corrected chi connectivity index (χ4v) is 3.91. The SMILES string of the molecule is Cc1ccc(N2C(=O)C(O)=C(C(=O)CCc3ccccc3)C2c2cccc(O)c2)cc1. The molecule has 5 heteroatoms. The molecule has 1 aliphatic rings. The Hall–Kier alpha value is -3.86. The summed E-state index contributed by atoms with van der Waals surface area (Å²) in [7, 11) is 0. The van der Waals surface area contributed by atoms with Crippen molar-refractivity contribution in [2.75, 3.05) is 4.90 Å². The van der Waals surface area contributed by atoms with Crippen LogP contribution in [0.5, 0.6) is 5.75 Å². The zero-order valence-corrected chi connectivity index (χ0v) is 17.2. The van der Waals surface area contributed by atoms with E-state index in [0.29, 0.717) is 17.7 Å². The molecule has 1 atom stereocenters. The fourth-order valence-electron chi connectivity index (χ4n) is 3.91. The molecule has 3 aromatic rings. The molecule has 0 aliphatic carbocycles. The van der Waals surface area contributed by atoms with Crippen LogP contribution in [0.15, 0.2) is 90.2 Å². The van der Waals surface area contributed by atoms with Gasteiger partial charge in [-0.1, -0.05) is 60.2 Å². The van der Waals surface area contributed by atoms with Crippen LogP contribution in [0.3, 0.4) is 0 Å². The lowest BCUT2D eigenvalue weighted by molar-refractivity contribution is -0.118. The van der Waals surface area contributed by atoms with Gasteiger partial charge in [0.25, 0.3) is 5.91 Å². The molecule has 0 radical (unpaired) electrons. The van der Waals surface area contributed by atoms with Gasteiger partial charge in [0.15, 0.2) is 11.5 Å². The Morgan fingerprint density at radius 3 is 2.32 bits per heavy atom. The first kappa shape index (κ1) is 20.4. The number of anilines is 1. The van der Waals surface area contributed by atoms with E-state index in [-0.39, 0.29) is 23.5 Å². The minimum atomic E-state index is -0.814. The van der Waals surface area contributed by atoms with Gasteiger partial charge in [-0.3, -0.25) is 14.5 Å². The third kappa shape index (κ3) is 4.08. The monoisotopic (exact) mass is 413 g/mol. The van der Waals surface area contributed by atoms with Crippen LogP contribution in [-0.2, 0) is 16.0 Å². The van der Waals surface area contributed by atoms with Crippen LogP contribution in [0, 0.1) is 6.92 Å². The lowest BCUT2D eigenvalue weighted by Crippen LogP contribution is -2.31. The van der Waals surface area contributed by atoms with Gasteiger partial charge in [-0.25, -0.2) is 0 Å². The summed E-state index contributed by atoms with van der Waals surface area (Å²) in [6.45, 7) is 1.94. The molecule has 0 aromatic heterocycles. The number of rotatable bonds is 6. The summed E-state index contributed by atoms with van der Waals surface area (Å²) in [5.74, 6) is -1.43. The molecular weight excluding hydrogens is 390 g/mol. The predicted octanol–water partition coefficient (Wildman–Crippen LogP) is 4.80. The molecular formula is C26H23NO4. The van der Waals surface area contributed by atoms with E-state index in [1.807, 2.05) is 49.4 Å². The quantitative estimate of drug-likeness (QED) is 0.608. The van der Waals surface area contributed by atoms with Crippen molar-refractivity contribution in [1.29, 1.82) is 0 Å². The third-order valence-corrected chi connectivity index (χ3v) is 5.49. The lowest BCUT2D eigenvalue weighted by atomic mass is 9.93. The Morgan fingerprint density at radius 1 is 0.935 bits per heavy atom. The molecule has 2 N–H and O–H groups in total. The number of hydrogen-bond donors (Lipinski definition) is 2. The number of aryl methyl sites for hydroxylation is 2. The number of phenolic OH excluding ortho intramolecular Hbond substituents is 1. The molecule has 1 amide bonds. The maximum absolute atomic E-state index is 13.2. The molecule has 0 bridgehead atoms. The highest BCUT2D eigenvalue weighted by Gasteiger charge is 2.44. The number of hydrogen-bond acceptors (Lipinski definition) is 4. The van der Waals surface area contributed by atoms with Gasteiger partial charge in [0.2, 0.25) is 0 Å². The maximum Gasteiger partial charge on any atom is 0.294 e. The largest absolute Gasteiger partial charge is 0.508 e. The van der Waals surface area contributed by atoms with Crippen molar-refractivity contribution in [3.8, 4) is 5.75 Å². The number of amides is 1. The number of aromatic hydroxyl groups is 1. The minimum Gasteiger partial charge on any atom is -0.508 e. The second kappa shape index (κ2) is 8.48. The van der Waals surface area contributed by atoms with Crippen molar-refractivity contribution in [3.05, 3.63) is 107 Å². The second-order valence-electron chi connectivity index (χ2n) is 7.68. The first-order valence-electron chi connectivity index (χ1n) is 10.1.